The van der Waals surface area contributed by atoms with Gasteiger partial charge < -0.3 is 10.6 Å². The largest absolute Gasteiger partial charge is 0.361 e. The first-order valence-corrected chi connectivity index (χ1v) is 12.3. The average Bonchev–Trinajstić information content (AvgIpc) is 3.68. The summed E-state index contributed by atoms with van der Waals surface area (Å²) in [6.07, 6.45) is 9.76. The lowest BCUT2D eigenvalue weighted by Gasteiger charge is -2.26. The molecule has 0 spiro atoms. The topological polar surface area (TPSA) is 136 Å². The second kappa shape index (κ2) is 9.08. The van der Waals surface area contributed by atoms with E-state index in [1.54, 1.807) is 6.20 Å². The fourth-order valence-corrected chi connectivity index (χ4v) is 5.36. The van der Waals surface area contributed by atoms with Gasteiger partial charge in [-0.15, -0.1) is 0 Å². The van der Waals surface area contributed by atoms with Crippen LogP contribution in [-0.4, -0.2) is 42.8 Å². The van der Waals surface area contributed by atoms with E-state index in [2.05, 4.69) is 43.2 Å². The number of aromatic amines is 1. The fraction of sp³-hybridized carbons (Fsp3) is 0.296. The van der Waals surface area contributed by atoms with Crippen LogP contribution in [-0.2, 0) is 0 Å². The number of benzene rings is 1. The van der Waals surface area contributed by atoms with Gasteiger partial charge >= 0.3 is 0 Å². The van der Waals surface area contributed by atoms with Gasteiger partial charge in [-0.3, -0.25) is 9.78 Å². The number of hydrogen-bond acceptors (Lipinski definition) is 7. The van der Waals surface area contributed by atoms with Crippen molar-refractivity contribution >= 4 is 10.9 Å². The molecule has 3 N–H and O–H groups in total. The lowest BCUT2D eigenvalue weighted by atomic mass is 9.81. The van der Waals surface area contributed by atoms with E-state index in [0.29, 0.717) is 17.2 Å². The molecule has 10 heteroatoms. The highest BCUT2D eigenvalue weighted by atomic mass is 15.3. The monoisotopic (exact) mass is 490 g/mol. The summed E-state index contributed by atoms with van der Waals surface area (Å²) in [5.41, 5.74) is 6.90. The van der Waals surface area contributed by atoms with E-state index in [1.807, 2.05) is 60.0 Å². The maximum absolute atomic E-state index is 9.88. The summed E-state index contributed by atoms with van der Waals surface area (Å²) < 4.78 is 3.86. The van der Waals surface area contributed by atoms with Gasteiger partial charge in [-0.25, -0.2) is 4.68 Å². The maximum atomic E-state index is 9.88. The Morgan fingerprint density at radius 1 is 0.973 bits per heavy atom. The normalized spacial score (nSPS) is 17.2. The van der Waals surface area contributed by atoms with Gasteiger partial charge in [0.25, 0.3) is 0 Å². The van der Waals surface area contributed by atoms with Crippen molar-refractivity contribution in [3.63, 3.8) is 0 Å². The molecule has 37 heavy (non-hydrogen) atoms. The van der Waals surface area contributed by atoms with Crippen LogP contribution < -0.4 is 10.6 Å². The molecule has 2 aliphatic heterocycles. The fourth-order valence-electron chi connectivity index (χ4n) is 5.36. The number of aromatic nitrogens is 6. The Bertz CT molecular complexity index is 1610. The number of nitriles is 2. The minimum Gasteiger partial charge on any atom is -0.361 e. The molecule has 0 bridgehead atoms. The van der Waals surface area contributed by atoms with Crippen LogP contribution in [0.4, 0.5) is 0 Å². The second-order valence-corrected chi connectivity index (χ2v) is 9.57. The molecule has 0 radical (unpaired) electrons. The molecule has 0 amide bonds. The van der Waals surface area contributed by atoms with E-state index in [0.717, 1.165) is 70.7 Å². The molecule has 2 aliphatic rings. The molecule has 10 nitrogen and oxygen atoms in total. The van der Waals surface area contributed by atoms with Crippen molar-refractivity contribution in [3.8, 4) is 29.1 Å². The predicted molar refractivity (Wildman–Crippen MR) is 138 cm³/mol. The lowest BCUT2D eigenvalue weighted by Crippen LogP contribution is -2.29. The molecule has 1 fully saturated rings. The number of fused-ring (bicyclic) bond motifs is 1. The van der Waals surface area contributed by atoms with Gasteiger partial charge in [0.15, 0.2) is 0 Å². The van der Waals surface area contributed by atoms with Gasteiger partial charge in [0.05, 0.1) is 59.4 Å². The molecule has 0 atom stereocenters. The van der Waals surface area contributed by atoms with Crippen LogP contribution in [0.3, 0.4) is 0 Å². The molecular formula is C27H26N10. The van der Waals surface area contributed by atoms with E-state index in [1.165, 1.54) is 0 Å². The number of piperidine rings is 1. The van der Waals surface area contributed by atoms with Crippen LogP contribution in [0.5, 0.6) is 0 Å². The Labute approximate surface area is 213 Å². The van der Waals surface area contributed by atoms with Crippen molar-refractivity contribution in [2.75, 3.05) is 13.1 Å². The smallest absolute Gasteiger partial charge is 0.103 e. The Hall–Kier alpha value is -4.67. The summed E-state index contributed by atoms with van der Waals surface area (Å²) in [6, 6.07) is 10.9. The summed E-state index contributed by atoms with van der Waals surface area (Å²) in [7, 11) is 0. The third kappa shape index (κ3) is 3.88. The third-order valence-electron chi connectivity index (χ3n) is 7.31. The summed E-state index contributed by atoms with van der Waals surface area (Å²) in [6.45, 7) is 5.75. The van der Waals surface area contributed by atoms with Gasteiger partial charge in [0.1, 0.15) is 11.4 Å². The number of rotatable bonds is 4. The molecule has 3 aromatic heterocycles. The van der Waals surface area contributed by atoms with Crippen LogP contribution in [0.1, 0.15) is 44.2 Å². The van der Waals surface area contributed by atoms with Crippen LogP contribution in [0, 0.1) is 22.7 Å². The zero-order chi connectivity index (χ0) is 25.5. The van der Waals surface area contributed by atoms with E-state index in [-0.39, 0.29) is 0 Å². The van der Waals surface area contributed by atoms with Crippen molar-refractivity contribution in [2.24, 2.45) is 0 Å². The number of dihydropyridines is 1. The molecule has 5 heterocycles. The first kappa shape index (κ1) is 22.8. The summed E-state index contributed by atoms with van der Waals surface area (Å²) in [5.74, 6) is -0.424. The first-order valence-electron chi connectivity index (χ1n) is 12.3. The molecule has 0 aliphatic carbocycles. The standard InChI is InChI=1S/C27H26N10/c1-16-23(10-28)26(24(11-29)17(2)33-16)18-3-4-25-22(9-18)27(35-34-25)19-12-31-36(14-19)21-13-32-37(15-21)20-5-7-30-8-6-20/h3-4,9,12-15,20,26,30,33H,5-8H2,1-2H3,(H,34,35). The molecule has 184 valence electrons. The van der Waals surface area contributed by atoms with Gasteiger partial charge in [0, 0.05) is 28.5 Å². The van der Waals surface area contributed by atoms with Crippen molar-refractivity contribution in [2.45, 2.75) is 38.6 Å². The number of allylic oxidation sites excluding steroid dienone is 4. The Balaban J connectivity index is 1.36. The van der Waals surface area contributed by atoms with Crippen LogP contribution in [0.25, 0.3) is 27.8 Å². The minimum atomic E-state index is -0.424. The summed E-state index contributed by atoms with van der Waals surface area (Å²) >= 11 is 0. The van der Waals surface area contributed by atoms with Crippen molar-refractivity contribution < 1.29 is 0 Å². The summed E-state index contributed by atoms with van der Waals surface area (Å²) in [4.78, 5) is 0. The highest BCUT2D eigenvalue weighted by Gasteiger charge is 2.30. The van der Waals surface area contributed by atoms with Crippen LogP contribution in [0.15, 0.2) is 65.5 Å². The van der Waals surface area contributed by atoms with E-state index >= 15 is 0 Å². The maximum Gasteiger partial charge on any atom is 0.103 e. The third-order valence-corrected chi connectivity index (χ3v) is 7.31. The predicted octanol–water partition coefficient (Wildman–Crippen LogP) is 3.82. The van der Waals surface area contributed by atoms with Crippen LogP contribution >= 0.6 is 0 Å². The zero-order valence-electron chi connectivity index (χ0n) is 20.7. The molecule has 6 rings (SSSR count). The molecule has 0 unspecified atom stereocenters. The van der Waals surface area contributed by atoms with Crippen molar-refractivity contribution in [1.29, 1.82) is 10.5 Å². The number of nitrogens with zero attached hydrogens (tertiary/aromatic N) is 7. The SMILES string of the molecule is CC1=C(C#N)C(c2ccc3[nH]nc(-c4cnn(-c5cnn(C6CCNCC6)c5)c4)c3c2)C(C#N)=C(C)N1. The zero-order valence-corrected chi connectivity index (χ0v) is 20.7. The van der Waals surface area contributed by atoms with Gasteiger partial charge in [-0.1, -0.05) is 6.07 Å². The Morgan fingerprint density at radius 3 is 2.46 bits per heavy atom. The Morgan fingerprint density at radius 2 is 1.73 bits per heavy atom. The lowest BCUT2D eigenvalue weighted by molar-refractivity contribution is 0.343. The minimum absolute atomic E-state index is 0.403. The van der Waals surface area contributed by atoms with Crippen molar-refractivity contribution in [3.05, 3.63) is 71.1 Å². The molecule has 1 saturated heterocycles. The quantitative estimate of drug-likeness (QED) is 0.396. The molecule has 0 saturated carbocycles. The highest BCUT2D eigenvalue weighted by molar-refractivity contribution is 5.93. The average molecular weight is 491 g/mol. The molecule has 1 aromatic carbocycles. The van der Waals surface area contributed by atoms with E-state index in [4.69, 9.17) is 0 Å². The number of hydrogen-bond donors (Lipinski definition) is 3. The van der Waals surface area contributed by atoms with Crippen LogP contribution in [0.2, 0.25) is 0 Å². The highest BCUT2D eigenvalue weighted by Crippen LogP contribution is 2.39. The second-order valence-electron chi connectivity index (χ2n) is 9.57. The molecular weight excluding hydrogens is 464 g/mol. The van der Waals surface area contributed by atoms with Gasteiger partial charge in [-0.05, 0) is 57.5 Å². The Kier molecular flexibility index (Phi) is 5.59. The van der Waals surface area contributed by atoms with E-state index in [9.17, 15) is 10.5 Å². The summed E-state index contributed by atoms with van der Waals surface area (Å²) in [5, 5.41) is 44.1. The number of nitrogens with one attached hydrogen (secondary N) is 3. The molecule has 4 aromatic rings. The first-order chi connectivity index (χ1) is 18.1. The van der Waals surface area contributed by atoms with Gasteiger partial charge in [-0.2, -0.15) is 25.8 Å². The van der Waals surface area contributed by atoms with Gasteiger partial charge in [0.2, 0.25) is 0 Å². The number of H-pyrrole nitrogens is 1. The van der Waals surface area contributed by atoms with Crippen molar-refractivity contribution in [1.82, 2.24) is 40.4 Å². The van der Waals surface area contributed by atoms with E-state index < -0.39 is 5.92 Å².